The Balaban J connectivity index is 1.77. The fraction of sp³-hybridized carbons (Fsp3) is 0.929. The Labute approximate surface area is 109 Å². The Morgan fingerprint density at radius 1 is 1.11 bits per heavy atom. The Kier molecular flexibility index (Phi) is 5.01. The van der Waals surface area contributed by atoms with Crippen molar-refractivity contribution in [2.75, 3.05) is 0 Å². The molecule has 1 amide bonds. The van der Waals surface area contributed by atoms with Crippen molar-refractivity contribution in [3.63, 3.8) is 0 Å². The van der Waals surface area contributed by atoms with Gasteiger partial charge in [-0.2, -0.15) is 0 Å². The van der Waals surface area contributed by atoms with Gasteiger partial charge >= 0.3 is 0 Å². The highest BCUT2D eigenvalue weighted by molar-refractivity contribution is 5.76. The van der Waals surface area contributed by atoms with Crippen molar-refractivity contribution in [1.29, 1.82) is 0 Å². The number of carbonyl (C=O) groups excluding carboxylic acids is 1. The average molecular weight is 254 g/mol. The Morgan fingerprint density at radius 3 is 2.50 bits per heavy atom. The Hall–Kier alpha value is -0.610. The molecule has 2 unspecified atom stereocenters. The molecule has 2 aliphatic rings. The number of nitrogens with two attached hydrogens (primary N) is 1. The van der Waals surface area contributed by atoms with E-state index in [1.54, 1.807) is 0 Å². The van der Waals surface area contributed by atoms with Gasteiger partial charge in [0.05, 0.1) is 12.1 Å². The van der Waals surface area contributed by atoms with Gasteiger partial charge in [-0.1, -0.05) is 25.7 Å². The summed E-state index contributed by atoms with van der Waals surface area (Å²) in [6, 6.07) is 0.145. The van der Waals surface area contributed by atoms with Gasteiger partial charge in [-0.3, -0.25) is 4.79 Å². The van der Waals surface area contributed by atoms with E-state index in [1.165, 1.54) is 12.8 Å². The molecule has 4 heteroatoms. The Bertz CT molecular complexity index is 257. The van der Waals surface area contributed by atoms with Crippen LogP contribution in [0.15, 0.2) is 0 Å². The molecule has 4 nitrogen and oxygen atoms in total. The van der Waals surface area contributed by atoms with Crippen LogP contribution in [0.25, 0.3) is 0 Å². The van der Waals surface area contributed by atoms with Crippen LogP contribution in [-0.2, 0) is 4.79 Å². The second-order valence-electron chi connectivity index (χ2n) is 5.94. The molecule has 0 saturated heterocycles. The molecule has 18 heavy (non-hydrogen) atoms. The highest BCUT2D eigenvalue weighted by Crippen LogP contribution is 2.26. The zero-order valence-corrected chi connectivity index (χ0v) is 11.1. The first-order valence-corrected chi connectivity index (χ1v) is 7.40. The standard InChI is InChI=1S/C14H26N2O2/c15-11-6-2-1-5-10(11)9-14(18)16-12-7-3-4-8-13(12)17/h10-13,17H,1-9,15H2,(H,16,18)/t10?,11?,12-,13-/m0/s1. The predicted octanol–water partition coefficient (Wildman–Crippen LogP) is 1.31. The van der Waals surface area contributed by atoms with E-state index in [-0.39, 0.29) is 24.1 Å². The second-order valence-corrected chi connectivity index (χ2v) is 5.94. The van der Waals surface area contributed by atoms with Gasteiger partial charge in [-0.05, 0) is 31.6 Å². The van der Waals surface area contributed by atoms with Gasteiger partial charge in [-0.25, -0.2) is 0 Å². The summed E-state index contributed by atoms with van der Waals surface area (Å²) in [5, 5.41) is 12.8. The molecule has 0 heterocycles. The number of amides is 1. The van der Waals surface area contributed by atoms with Crippen LogP contribution in [0, 0.1) is 5.92 Å². The SMILES string of the molecule is NC1CCCCC1CC(=O)N[C@H]1CCCC[C@@H]1O. The highest BCUT2D eigenvalue weighted by Gasteiger charge is 2.28. The van der Waals surface area contributed by atoms with Gasteiger partial charge < -0.3 is 16.2 Å². The molecular weight excluding hydrogens is 228 g/mol. The maximum Gasteiger partial charge on any atom is 0.220 e. The quantitative estimate of drug-likeness (QED) is 0.711. The van der Waals surface area contributed by atoms with E-state index in [4.69, 9.17) is 5.73 Å². The van der Waals surface area contributed by atoms with Crippen LogP contribution < -0.4 is 11.1 Å². The molecular formula is C14H26N2O2. The summed E-state index contributed by atoms with van der Waals surface area (Å²) in [6.07, 6.45) is 8.57. The van der Waals surface area contributed by atoms with Crippen LogP contribution in [-0.4, -0.2) is 29.2 Å². The number of rotatable bonds is 3. The zero-order valence-electron chi connectivity index (χ0n) is 11.1. The smallest absolute Gasteiger partial charge is 0.220 e. The van der Waals surface area contributed by atoms with E-state index in [0.717, 1.165) is 38.5 Å². The number of nitrogens with one attached hydrogen (secondary N) is 1. The summed E-state index contributed by atoms with van der Waals surface area (Å²) in [6.45, 7) is 0. The fourth-order valence-electron chi connectivity index (χ4n) is 3.27. The van der Waals surface area contributed by atoms with Crippen molar-refractivity contribution in [3.05, 3.63) is 0 Å². The summed E-state index contributed by atoms with van der Waals surface area (Å²) < 4.78 is 0. The molecule has 0 spiro atoms. The van der Waals surface area contributed by atoms with Gasteiger partial charge in [0.15, 0.2) is 0 Å². The van der Waals surface area contributed by atoms with E-state index in [1.807, 2.05) is 0 Å². The average Bonchev–Trinajstić information content (AvgIpc) is 2.35. The third kappa shape index (κ3) is 3.69. The monoisotopic (exact) mass is 254 g/mol. The lowest BCUT2D eigenvalue weighted by Gasteiger charge is -2.31. The molecule has 2 saturated carbocycles. The molecule has 4 atom stereocenters. The lowest BCUT2D eigenvalue weighted by molar-refractivity contribution is -0.124. The first-order valence-electron chi connectivity index (χ1n) is 7.40. The van der Waals surface area contributed by atoms with E-state index in [0.29, 0.717) is 12.3 Å². The summed E-state index contributed by atoms with van der Waals surface area (Å²) in [4.78, 5) is 12.0. The maximum absolute atomic E-state index is 12.0. The van der Waals surface area contributed by atoms with E-state index >= 15 is 0 Å². The van der Waals surface area contributed by atoms with Crippen LogP contribution in [0.4, 0.5) is 0 Å². The maximum atomic E-state index is 12.0. The molecule has 2 aliphatic carbocycles. The minimum absolute atomic E-state index is 0.0361. The predicted molar refractivity (Wildman–Crippen MR) is 71.0 cm³/mol. The van der Waals surface area contributed by atoms with Crippen LogP contribution in [0.2, 0.25) is 0 Å². The molecule has 0 aliphatic heterocycles. The van der Waals surface area contributed by atoms with Crippen LogP contribution in [0.5, 0.6) is 0 Å². The van der Waals surface area contributed by atoms with E-state index in [9.17, 15) is 9.90 Å². The molecule has 2 rings (SSSR count). The summed E-state index contributed by atoms with van der Waals surface area (Å²) >= 11 is 0. The van der Waals surface area contributed by atoms with Crippen LogP contribution in [0.3, 0.4) is 0 Å². The van der Waals surface area contributed by atoms with Gasteiger partial charge in [0.1, 0.15) is 0 Å². The lowest BCUT2D eigenvalue weighted by atomic mass is 9.82. The zero-order chi connectivity index (χ0) is 13.0. The molecule has 4 N–H and O–H groups in total. The molecule has 0 aromatic rings. The molecule has 104 valence electrons. The Morgan fingerprint density at radius 2 is 1.78 bits per heavy atom. The van der Waals surface area contributed by atoms with Gasteiger partial charge in [-0.15, -0.1) is 0 Å². The molecule has 0 aromatic heterocycles. The topological polar surface area (TPSA) is 75.4 Å². The van der Waals surface area contributed by atoms with Gasteiger partial charge in [0.2, 0.25) is 5.91 Å². The molecule has 2 fully saturated rings. The van der Waals surface area contributed by atoms with Crippen molar-refractivity contribution in [3.8, 4) is 0 Å². The minimum Gasteiger partial charge on any atom is -0.391 e. The number of hydrogen-bond donors (Lipinski definition) is 3. The summed E-state index contributed by atoms with van der Waals surface area (Å²) in [5.74, 6) is 0.405. The third-order valence-corrected chi connectivity index (χ3v) is 4.49. The molecule has 0 radical (unpaired) electrons. The van der Waals surface area contributed by atoms with Gasteiger partial charge in [0.25, 0.3) is 0 Å². The largest absolute Gasteiger partial charge is 0.391 e. The number of aliphatic hydroxyl groups excluding tert-OH is 1. The van der Waals surface area contributed by atoms with Crippen molar-refractivity contribution < 1.29 is 9.90 Å². The van der Waals surface area contributed by atoms with Crippen molar-refractivity contribution >= 4 is 5.91 Å². The second kappa shape index (κ2) is 6.53. The van der Waals surface area contributed by atoms with E-state index < -0.39 is 0 Å². The van der Waals surface area contributed by atoms with E-state index in [2.05, 4.69) is 5.32 Å². The number of carbonyl (C=O) groups is 1. The fourth-order valence-corrected chi connectivity index (χ4v) is 3.27. The first-order chi connectivity index (χ1) is 8.66. The molecule has 0 aromatic carbocycles. The van der Waals surface area contributed by atoms with Crippen molar-refractivity contribution in [2.45, 2.75) is 76.0 Å². The third-order valence-electron chi connectivity index (χ3n) is 4.49. The van der Waals surface area contributed by atoms with Crippen molar-refractivity contribution in [2.24, 2.45) is 11.7 Å². The van der Waals surface area contributed by atoms with Crippen molar-refractivity contribution in [1.82, 2.24) is 5.32 Å². The first kappa shape index (κ1) is 13.8. The summed E-state index contributed by atoms with van der Waals surface area (Å²) in [5.41, 5.74) is 6.06. The minimum atomic E-state index is -0.359. The number of aliphatic hydroxyl groups is 1. The lowest BCUT2D eigenvalue weighted by Crippen LogP contribution is -2.46. The highest BCUT2D eigenvalue weighted by atomic mass is 16.3. The summed E-state index contributed by atoms with van der Waals surface area (Å²) in [7, 11) is 0. The van der Waals surface area contributed by atoms with Crippen LogP contribution >= 0.6 is 0 Å². The van der Waals surface area contributed by atoms with Crippen LogP contribution in [0.1, 0.15) is 57.8 Å². The number of hydrogen-bond acceptors (Lipinski definition) is 3. The normalized spacial score (nSPS) is 37.2. The van der Waals surface area contributed by atoms with Gasteiger partial charge in [0, 0.05) is 12.5 Å². The molecule has 0 bridgehead atoms.